The molecule has 23 heavy (non-hydrogen) atoms. The number of carbonyl (C=O) groups excluding carboxylic acids is 1. The molecule has 1 N–H and O–H groups in total. The molecular weight excluding hydrogens is 296 g/mol. The van der Waals surface area contributed by atoms with Gasteiger partial charge in [0.25, 0.3) is 0 Å². The largest absolute Gasteiger partial charge is 0.490 e. The van der Waals surface area contributed by atoms with E-state index in [0.717, 1.165) is 25.7 Å². The molecule has 2 aliphatic rings. The van der Waals surface area contributed by atoms with Crippen molar-refractivity contribution in [3.8, 4) is 5.75 Å². The van der Waals surface area contributed by atoms with Crippen LogP contribution in [0.4, 0.5) is 4.79 Å². The molecule has 0 aromatic carbocycles. The van der Waals surface area contributed by atoms with Crippen molar-refractivity contribution in [1.82, 2.24) is 10.2 Å². The van der Waals surface area contributed by atoms with Gasteiger partial charge in [0.2, 0.25) is 0 Å². The molecule has 6 nitrogen and oxygen atoms in total. The van der Waals surface area contributed by atoms with Crippen molar-refractivity contribution in [2.24, 2.45) is 0 Å². The lowest BCUT2D eigenvalue weighted by Crippen LogP contribution is -2.48. The van der Waals surface area contributed by atoms with Crippen molar-refractivity contribution >= 4 is 6.03 Å². The second kappa shape index (κ2) is 7.06. The quantitative estimate of drug-likeness (QED) is 0.928. The molecule has 1 aromatic rings. The number of carbonyl (C=O) groups is 1. The number of likely N-dealkylation sites (tertiary alicyclic amines) is 1. The number of nitrogens with one attached hydrogen (secondary N) is 1. The van der Waals surface area contributed by atoms with Crippen LogP contribution >= 0.6 is 0 Å². The summed E-state index contributed by atoms with van der Waals surface area (Å²) in [6.07, 6.45) is 6.21. The van der Waals surface area contributed by atoms with Gasteiger partial charge in [-0.15, -0.1) is 0 Å². The number of nitrogens with zero attached hydrogens (tertiary/aromatic N) is 1. The summed E-state index contributed by atoms with van der Waals surface area (Å²) in [4.78, 5) is 25.4. The molecule has 2 heterocycles. The number of aryl methyl sites for hydroxylation is 1. The number of piperidine rings is 1. The van der Waals surface area contributed by atoms with Crippen molar-refractivity contribution < 1.29 is 13.9 Å². The van der Waals surface area contributed by atoms with Crippen molar-refractivity contribution in [3.05, 3.63) is 28.3 Å². The Labute approximate surface area is 135 Å². The van der Waals surface area contributed by atoms with E-state index in [1.165, 1.54) is 18.9 Å². The van der Waals surface area contributed by atoms with Gasteiger partial charge in [0.1, 0.15) is 17.6 Å². The Balaban J connectivity index is 1.48. The Bertz CT molecular complexity index is 599. The van der Waals surface area contributed by atoms with Crippen molar-refractivity contribution in [2.75, 3.05) is 13.1 Å². The summed E-state index contributed by atoms with van der Waals surface area (Å²) in [5.41, 5.74) is -0.395. The maximum absolute atomic E-state index is 12.2. The summed E-state index contributed by atoms with van der Waals surface area (Å²) in [6, 6.07) is 3.49. The Morgan fingerprint density at radius 2 is 1.91 bits per heavy atom. The number of amides is 2. The number of urea groups is 1. The second-order valence-corrected chi connectivity index (χ2v) is 6.46. The van der Waals surface area contributed by atoms with E-state index in [1.54, 1.807) is 13.0 Å². The molecule has 2 amide bonds. The van der Waals surface area contributed by atoms with Crippen molar-refractivity contribution in [2.45, 2.75) is 57.6 Å². The third-order valence-corrected chi connectivity index (χ3v) is 4.58. The second-order valence-electron chi connectivity index (χ2n) is 6.46. The Hall–Kier alpha value is -1.98. The molecule has 1 saturated heterocycles. The molecule has 0 radical (unpaired) electrons. The van der Waals surface area contributed by atoms with E-state index >= 15 is 0 Å². The van der Waals surface area contributed by atoms with Gasteiger partial charge in [-0.3, -0.25) is 0 Å². The number of hydrogen-bond acceptors (Lipinski definition) is 4. The zero-order valence-corrected chi connectivity index (χ0v) is 13.5. The van der Waals surface area contributed by atoms with Gasteiger partial charge >= 0.3 is 11.7 Å². The van der Waals surface area contributed by atoms with Crippen LogP contribution in [-0.2, 0) is 0 Å². The van der Waals surface area contributed by atoms with E-state index < -0.39 is 5.63 Å². The maximum atomic E-state index is 12.2. The highest BCUT2D eigenvalue weighted by atomic mass is 16.5. The van der Waals surface area contributed by atoms with Crippen LogP contribution in [0.25, 0.3) is 0 Å². The molecule has 2 fully saturated rings. The molecule has 0 unspecified atom stereocenters. The fourth-order valence-corrected chi connectivity index (χ4v) is 3.35. The summed E-state index contributed by atoms with van der Waals surface area (Å²) < 4.78 is 10.8. The summed E-state index contributed by atoms with van der Waals surface area (Å²) in [7, 11) is 0. The Morgan fingerprint density at radius 1 is 1.22 bits per heavy atom. The number of hydrogen-bond donors (Lipinski definition) is 1. The maximum Gasteiger partial charge on any atom is 0.339 e. The lowest BCUT2D eigenvalue weighted by Gasteiger charge is -2.33. The molecule has 1 saturated carbocycles. The highest BCUT2D eigenvalue weighted by molar-refractivity contribution is 5.74. The first-order valence-corrected chi connectivity index (χ1v) is 8.44. The van der Waals surface area contributed by atoms with Gasteiger partial charge in [0.15, 0.2) is 0 Å². The smallest absolute Gasteiger partial charge is 0.339 e. The highest BCUT2D eigenvalue weighted by Crippen LogP contribution is 2.20. The monoisotopic (exact) mass is 320 g/mol. The average molecular weight is 320 g/mol. The summed E-state index contributed by atoms with van der Waals surface area (Å²) in [5, 5.41) is 3.12. The van der Waals surface area contributed by atoms with Crippen LogP contribution in [0, 0.1) is 6.92 Å². The standard InChI is InChI=1S/C17H24N2O4/c1-12-10-15(11-16(20)22-12)23-14-6-8-19(9-7-14)17(21)18-13-4-2-3-5-13/h10-11,13-14H,2-9H2,1H3,(H,18,21). The van der Waals surface area contributed by atoms with Crippen LogP contribution in [-0.4, -0.2) is 36.2 Å². The zero-order valence-electron chi connectivity index (χ0n) is 13.5. The van der Waals surface area contributed by atoms with Gasteiger partial charge in [-0.2, -0.15) is 0 Å². The summed E-state index contributed by atoms with van der Waals surface area (Å²) in [6.45, 7) is 3.09. The SMILES string of the molecule is Cc1cc(OC2CCN(C(=O)NC3CCCC3)CC2)cc(=O)o1. The lowest BCUT2D eigenvalue weighted by atomic mass is 10.1. The molecule has 3 rings (SSSR count). The van der Waals surface area contributed by atoms with E-state index in [4.69, 9.17) is 9.15 Å². The lowest BCUT2D eigenvalue weighted by molar-refractivity contribution is 0.109. The molecule has 1 aliphatic heterocycles. The Morgan fingerprint density at radius 3 is 2.57 bits per heavy atom. The minimum Gasteiger partial charge on any atom is -0.490 e. The highest BCUT2D eigenvalue weighted by Gasteiger charge is 2.26. The van der Waals surface area contributed by atoms with Gasteiger partial charge in [-0.25, -0.2) is 9.59 Å². The third-order valence-electron chi connectivity index (χ3n) is 4.58. The van der Waals surface area contributed by atoms with E-state index in [0.29, 0.717) is 30.6 Å². The fourth-order valence-electron chi connectivity index (χ4n) is 3.35. The van der Waals surface area contributed by atoms with Gasteiger partial charge in [0, 0.05) is 38.0 Å². The summed E-state index contributed by atoms with van der Waals surface area (Å²) >= 11 is 0. The molecule has 0 spiro atoms. The van der Waals surface area contributed by atoms with E-state index in [1.807, 2.05) is 4.90 Å². The fraction of sp³-hybridized carbons (Fsp3) is 0.647. The number of ether oxygens (including phenoxy) is 1. The van der Waals surface area contributed by atoms with Crippen molar-refractivity contribution in [1.29, 1.82) is 0 Å². The van der Waals surface area contributed by atoms with Gasteiger partial charge in [-0.05, 0) is 19.8 Å². The molecule has 1 aliphatic carbocycles. The number of rotatable bonds is 3. The van der Waals surface area contributed by atoms with Crippen LogP contribution < -0.4 is 15.7 Å². The molecule has 0 bridgehead atoms. The molecule has 0 atom stereocenters. The van der Waals surface area contributed by atoms with Crippen LogP contribution in [0.2, 0.25) is 0 Å². The zero-order chi connectivity index (χ0) is 16.2. The molecule has 126 valence electrons. The van der Waals surface area contributed by atoms with Crippen LogP contribution in [0.15, 0.2) is 21.3 Å². The average Bonchev–Trinajstić information content (AvgIpc) is 3.00. The predicted octanol–water partition coefficient (Wildman–Crippen LogP) is 2.44. The van der Waals surface area contributed by atoms with E-state index in [2.05, 4.69) is 5.32 Å². The first kappa shape index (κ1) is 15.9. The van der Waals surface area contributed by atoms with E-state index in [-0.39, 0.29) is 12.1 Å². The Kier molecular flexibility index (Phi) is 4.88. The molecular formula is C17H24N2O4. The molecule has 1 aromatic heterocycles. The van der Waals surface area contributed by atoms with Crippen LogP contribution in [0.1, 0.15) is 44.3 Å². The van der Waals surface area contributed by atoms with Crippen LogP contribution in [0.5, 0.6) is 5.75 Å². The third kappa shape index (κ3) is 4.27. The van der Waals surface area contributed by atoms with E-state index in [9.17, 15) is 9.59 Å². The predicted molar refractivity (Wildman–Crippen MR) is 85.7 cm³/mol. The van der Waals surface area contributed by atoms with Crippen LogP contribution in [0.3, 0.4) is 0 Å². The van der Waals surface area contributed by atoms with Gasteiger partial charge in [0.05, 0.1) is 6.07 Å². The minimum atomic E-state index is -0.395. The van der Waals surface area contributed by atoms with Gasteiger partial charge in [-0.1, -0.05) is 12.8 Å². The summed E-state index contributed by atoms with van der Waals surface area (Å²) in [5.74, 6) is 1.09. The van der Waals surface area contributed by atoms with Crippen molar-refractivity contribution in [3.63, 3.8) is 0 Å². The first-order chi connectivity index (χ1) is 11.1. The minimum absolute atomic E-state index is 0.0340. The molecule has 6 heteroatoms. The normalized spacial score (nSPS) is 19.8. The van der Waals surface area contributed by atoms with Gasteiger partial charge < -0.3 is 19.4 Å². The first-order valence-electron chi connectivity index (χ1n) is 8.44. The topological polar surface area (TPSA) is 71.8 Å².